The van der Waals surface area contributed by atoms with Crippen molar-refractivity contribution in [2.24, 2.45) is 0 Å². The lowest BCUT2D eigenvalue weighted by molar-refractivity contribution is 0.0601. The number of methoxy groups -OCH3 is 1. The van der Waals surface area contributed by atoms with Crippen molar-refractivity contribution in [1.29, 1.82) is 0 Å². The first-order valence-electron chi connectivity index (χ1n) is 7.77. The van der Waals surface area contributed by atoms with Gasteiger partial charge in [0.1, 0.15) is 0 Å². The molecular formula is C20H19NO2S. The largest absolute Gasteiger partial charge is 0.465 e. The fourth-order valence-corrected chi connectivity index (χ4v) is 3.26. The molecule has 3 aromatic rings. The number of ether oxygens (including phenoxy) is 1. The number of para-hydroxylation sites is 1. The molecule has 4 heteroatoms. The van der Waals surface area contributed by atoms with Gasteiger partial charge in [0.05, 0.1) is 18.2 Å². The summed E-state index contributed by atoms with van der Waals surface area (Å²) in [5.41, 5.74) is 2.77. The minimum Gasteiger partial charge on any atom is -0.465 e. The Balaban J connectivity index is 2.11. The number of allylic oxidation sites excluding steroid dienone is 2. The Bertz CT molecular complexity index is 937. The lowest BCUT2D eigenvalue weighted by Gasteiger charge is -2.05. The maximum atomic E-state index is 11.9. The van der Waals surface area contributed by atoms with Gasteiger partial charge in [0.15, 0.2) is 0 Å². The smallest absolute Gasteiger partial charge is 0.337 e. The molecule has 0 saturated carbocycles. The summed E-state index contributed by atoms with van der Waals surface area (Å²) in [6.45, 7) is 2.75. The van der Waals surface area contributed by atoms with Crippen molar-refractivity contribution >= 4 is 39.5 Å². The number of carbonyl (C=O) groups is 1. The molecule has 0 radical (unpaired) electrons. The maximum Gasteiger partial charge on any atom is 0.337 e. The second-order valence-corrected chi connectivity index (χ2v) is 6.15. The van der Waals surface area contributed by atoms with E-state index in [1.54, 1.807) is 11.8 Å². The predicted octanol–water partition coefficient (Wildman–Crippen LogP) is 5.36. The van der Waals surface area contributed by atoms with Crippen LogP contribution in [-0.4, -0.2) is 17.6 Å². The first kappa shape index (κ1) is 16.4. The molecule has 1 aromatic heterocycles. The molecule has 3 rings (SSSR count). The van der Waals surface area contributed by atoms with E-state index < -0.39 is 0 Å². The lowest BCUT2D eigenvalue weighted by Crippen LogP contribution is -2.01. The van der Waals surface area contributed by atoms with Crippen LogP contribution in [0.15, 0.2) is 65.4 Å². The van der Waals surface area contributed by atoms with Crippen molar-refractivity contribution in [3.05, 3.63) is 71.0 Å². The summed E-state index contributed by atoms with van der Waals surface area (Å²) in [6.07, 6.45) is 4.14. The van der Waals surface area contributed by atoms with Crippen LogP contribution in [0.3, 0.4) is 0 Å². The van der Waals surface area contributed by atoms with E-state index in [0.29, 0.717) is 5.56 Å². The average molecular weight is 337 g/mol. The van der Waals surface area contributed by atoms with E-state index in [1.165, 1.54) is 12.5 Å². The fraction of sp³-hybridized carbons (Fsp3) is 0.150. The zero-order chi connectivity index (χ0) is 16.9. The summed E-state index contributed by atoms with van der Waals surface area (Å²) in [4.78, 5) is 11.9. The number of fused-ring (bicyclic) bond motifs is 3. The molecule has 0 atom stereocenters. The second kappa shape index (κ2) is 7.41. The standard InChI is InChI=1S/C20H19NO2S/c1-3-12-24-13-6-11-21-18-8-5-4-7-16(18)17-10-9-15(14-19(17)21)20(22)23-2/h3-10,12-14H,11H2,1-2H3/b12-3-,13-6+. The molecule has 0 aliphatic carbocycles. The van der Waals surface area contributed by atoms with Crippen molar-refractivity contribution in [2.75, 3.05) is 7.11 Å². The summed E-state index contributed by atoms with van der Waals surface area (Å²) in [5.74, 6) is -0.312. The molecule has 0 fully saturated rings. The first-order valence-corrected chi connectivity index (χ1v) is 8.71. The van der Waals surface area contributed by atoms with Gasteiger partial charge in [-0.15, -0.1) is 11.8 Å². The molecule has 0 spiro atoms. The zero-order valence-electron chi connectivity index (χ0n) is 13.7. The molecule has 0 unspecified atom stereocenters. The van der Waals surface area contributed by atoms with Crippen LogP contribution in [0.2, 0.25) is 0 Å². The van der Waals surface area contributed by atoms with Crippen LogP contribution < -0.4 is 0 Å². The number of hydrogen-bond donors (Lipinski definition) is 0. The Labute approximate surface area is 145 Å². The van der Waals surface area contributed by atoms with E-state index in [2.05, 4.69) is 28.2 Å². The quantitative estimate of drug-likeness (QED) is 0.587. The van der Waals surface area contributed by atoms with Crippen LogP contribution in [0, 0.1) is 0 Å². The highest BCUT2D eigenvalue weighted by Gasteiger charge is 2.12. The SMILES string of the molecule is C/C=C\S/C=C/Cn1c2ccccc2c2ccc(C(=O)OC)cc21. The van der Waals surface area contributed by atoms with Crippen molar-refractivity contribution in [1.82, 2.24) is 4.57 Å². The Morgan fingerprint density at radius 1 is 1.12 bits per heavy atom. The van der Waals surface area contributed by atoms with Gasteiger partial charge in [-0.3, -0.25) is 0 Å². The minimum absolute atomic E-state index is 0.312. The molecular weight excluding hydrogens is 318 g/mol. The van der Waals surface area contributed by atoms with Gasteiger partial charge < -0.3 is 9.30 Å². The maximum absolute atomic E-state index is 11.9. The molecule has 0 N–H and O–H groups in total. The Hall–Kier alpha value is -2.46. The highest BCUT2D eigenvalue weighted by Crippen LogP contribution is 2.30. The number of thioether (sulfide) groups is 1. The third-order valence-electron chi connectivity index (χ3n) is 3.87. The van der Waals surface area contributed by atoms with Gasteiger partial charge in [0.2, 0.25) is 0 Å². The number of carbonyl (C=O) groups excluding carboxylic acids is 1. The molecule has 1 heterocycles. The van der Waals surface area contributed by atoms with E-state index in [1.807, 2.05) is 48.7 Å². The van der Waals surface area contributed by atoms with Gasteiger partial charge in [-0.2, -0.15) is 0 Å². The van der Waals surface area contributed by atoms with E-state index in [0.717, 1.165) is 23.0 Å². The number of esters is 1. The molecule has 0 aliphatic rings. The summed E-state index contributed by atoms with van der Waals surface area (Å²) >= 11 is 1.65. The van der Waals surface area contributed by atoms with Crippen LogP contribution >= 0.6 is 11.8 Å². The number of hydrogen-bond acceptors (Lipinski definition) is 3. The van der Waals surface area contributed by atoms with Crippen molar-refractivity contribution in [2.45, 2.75) is 13.5 Å². The summed E-state index contributed by atoms with van der Waals surface area (Å²) in [6, 6.07) is 14.0. The van der Waals surface area contributed by atoms with Gasteiger partial charge in [-0.05, 0) is 35.9 Å². The molecule has 0 saturated heterocycles. The molecule has 122 valence electrons. The number of nitrogens with zero attached hydrogens (tertiary/aromatic N) is 1. The molecule has 0 aliphatic heterocycles. The van der Waals surface area contributed by atoms with Crippen molar-refractivity contribution in [3.8, 4) is 0 Å². The van der Waals surface area contributed by atoms with Crippen LogP contribution in [0.4, 0.5) is 0 Å². The highest BCUT2D eigenvalue weighted by molar-refractivity contribution is 8.04. The minimum atomic E-state index is -0.312. The molecule has 2 aromatic carbocycles. The summed E-state index contributed by atoms with van der Waals surface area (Å²) in [7, 11) is 1.41. The van der Waals surface area contributed by atoms with Crippen molar-refractivity contribution < 1.29 is 9.53 Å². The third kappa shape index (κ3) is 3.10. The lowest BCUT2D eigenvalue weighted by atomic mass is 10.1. The molecule has 24 heavy (non-hydrogen) atoms. The van der Waals surface area contributed by atoms with E-state index in [-0.39, 0.29) is 5.97 Å². The van der Waals surface area contributed by atoms with Gasteiger partial charge in [-0.25, -0.2) is 4.79 Å². The van der Waals surface area contributed by atoms with E-state index in [9.17, 15) is 4.79 Å². The Kier molecular flexibility index (Phi) is 5.06. The van der Waals surface area contributed by atoms with Gasteiger partial charge in [0.25, 0.3) is 0 Å². The predicted molar refractivity (Wildman–Crippen MR) is 102 cm³/mol. The van der Waals surface area contributed by atoms with Gasteiger partial charge in [0, 0.05) is 22.8 Å². The normalized spacial score (nSPS) is 11.9. The van der Waals surface area contributed by atoms with Crippen LogP contribution in [0.5, 0.6) is 0 Å². The Morgan fingerprint density at radius 2 is 1.92 bits per heavy atom. The molecule has 0 bridgehead atoms. The monoisotopic (exact) mass is 337 g/mol. The van der Waals surface area contributed by atoms with Crippen LogP contribution in [-0.2, 0) is 11.3 Å². The summed E-state index contributed by atoms with van der Waals surface area (Å²) in [5, 5.41) is 6.45. The Morgan fingerprint density at radius 3 is 2.71 bits per heavy atom. The van der Waals surface area contributed by atoms with Crippen molar-refractivity contribution in [3.63, 3.8) is 0 Å². The van der Waals surface area contributed by atoms with Crippen LogP contribution in [0.1, 0.15) is 17.3 Å². The summed E-state index contributed by atoms with van der Waals surface area (Å²) < 4.78 is 7.08. The third-order valence-corrected chi connectivity index (χ3v) is 4.65. The molecule has 3 nitrogen and oxygen atoms in total. The van der Waals surface area contributed by atoms with E-state index >= 15 is 0 Å². The fourth-order valence-electron chi connectivity index (χ4n) is 2.82. The zero-order valence-corrected chi connectivity index (χ0v) is 14.5. The number of aromatic nitrogens is 1. The van der Waals surface area contributed by atoms with Gasteiger partial charge >= 0.3 is 5.97 Å². The van der Waals surface area contributed by atoms with E-state index in [4.69, 9.17) is 4.74 Å². The second-order valence-electron chi connectivity index (χ2n) is 5.33. The highest BCUT2D eigenvalue weighted by atomic mass is 32.2. The van der Waals surface area contributed by atoms with Gasteiger partial charge in [-0.1, -0.05) is 36.4 Å². The average Bonchev–Trinajstić information content (AvgIpc) is 2.94. The first-order chi connectivity index (χ1) is 11.8. The van der Waals surface area contributed by atoms with Crippen LogP contribution in [0.25, 0.3) is 21.8 Å². The topological polar surface area (TPSA) is 31.2 Å². The number of rotatable bonds is 5. The molecule has 0 amide bonds. The number of benzene rings is 2.